The summed E-state index contributed by atoms with van der Waals surface area (Å²) in [6, 6.07) is 0. The molecule has 0 aliphatic carbocycles. The third-order valence-electron chi connectivity index (χ3n) is 16.7. The van der Waals surface area contributed by atoms with Gasteiger partial charge in [0.15, 0.2) is 12.2 Å². The minimum absolute atomic E-state index is 0.104. The number of hydrogen-bond acceptors (Lipinski definition) is 15. The SMILES string of the molecule is CCCCCCCC(=O)OC[C@H](COP(=O)(O)OC[C@H](O)COP(=O)(O)OC[C@@H](COC(=O)CCCCCCCCCCCC(C)C)OC(=O)CCCCCCCCCCCCCCCCCCCCC(C)C)OC(=O)CCCCCCCCCCC(C)CC. The molecule has 0 saturated carbocycles. The van der Waals surface area contributed by atoms with Gasteiger partial charge in [0, 0.05) is 25.7 Å². The Kier molecular flexibility index (Phi) is 60.6. The normalized spacial score (nSPS) is 14.5. The van der Waals surface area contributed by atoms with Gasteiger partial charge in [-0.1, -0.05) is 305 Å². The number of esters is 4. The zero-order chi connectivity index (χ0) is 66.6. The average molecular weight is 1330 g/mol. The van der Waals surface area contributed by atoms with Crippen molar-refractivity contribution in [3.63, 3.8) is 0 Å². The molecule has 3 unspecified atom stereocenters. The van der Waals surface area contributed by atoms with Crippen LogP contribution in [0.5, 0.6) is 0 Å². The molecule has 0 aromatic carbocycles. The lowest BCUT2D eigenvalue weighted by Crippen LogP contribution is -2.30. The Balaban J connectivity index is 5.11. The standard InChI is InChI=1S/C71H138O17P2/c1-8-10-11-35-45-52-68(73)81-58-66(87-71(76)55-48-41-34-28-27-31-38-44-51-64(7)9-2)60-85-89(77,78)83-56-65(72)57-84-90(79,80)86-61-67(59-82-69(74)53-46-39-32-26-22-24-30-37-43-50-63(5)6)88-70(75)54-47-40-33-25-21-19-17-15-13-12-14-16-18-20-23-29-36-42-49-62(3)4/h62-67,72H,8-61H2,1-7H3,(H,77,78)(H,79,80)/t64?,65-,66+,67+/m0/s1. The van der Waals surface area contributed by atoms with Crippen molar-refractivity contribution in [1.29, 1.82) is 0 Å². The molecular weight excluding hydrogens is 1190 g/mol. The van der Waals surface area contributed by atoms with E-state index in [0.717, 1.165) is 114 Å². The van der Waals surface area contributed by atoms with Gasteiger partial charge in [0.05, 0.1) is 26.4 Å². The Bertz CT molecular complexity index is 1770. The van der Waals surface area contributed by atoms with Gasteiger partial charge in [-0.3, -0.25) is 37.3 Å². The molecule has 0 bridgehead atoms. The lowest BCUT2D eigenvalue weighted by Gasteiger charge is -2.21. The van der Waals surface area contributed by atoms with Crippen LogP contribution < -0.4 is 0 Å². The van der Waals surface area contributed by atoms with Crippen molar-refractivity contribution < 1.29 is 80.2 Å². The minimum Gasteiger partial charge on any atom is -0.462 e. The smallest absolute Gasteiger partial charge is 0.462 e. The van der Waals surface area contributed by atoms with Gasteiger partial charge in [-0.25, -0.2) is 9.13 Å². The highest BCUT2D eigenvalue weighted by Gasteiger charge is 2.30. The number of phosphoric acid groups is 2. The summed E-state index contributed by atoms with van der Waals surface area (Å²) in [6.45, 7) is 11.8. The predicted molar refractivity (Wildman–Crippen MR) is 363 cm³/mol. The molecule has 0 aromatic heterocycles. The summed E-state index contributed by atoms with van der Waals surface area (Å²) in [5.41, 5.74) is 0. The van der Waals surface area contributed by atoms with E-state index >= 15 is 0 Å². The average Bonchev–Trinajstić information content (AvgIpc) is 2.84. The molecule has 534 valence electrons. The number of aliphatic hydroxyl groups excluding tert-OH is 1. The third-order valence-corrected chi connectivity index (χ3v) is 18.6. The summed E-state index contributed by atoms with van der Waals surface area (Å²) in [7, 11) is -9.89. The van der Waals surface area contributed by atoms with Crippen LogP contribution in [0.25, 0.3) is 0 Å². The van der Waals surface area contributed by atoms with Crippen molar-refractivity contribution in [3.05, 3.63) is 0 Å². The van der Waals surface area contributed by atoms with Crippen LogP contribution in [0.15, 0.2) is 0 Å². The first-order valence-corrected chi connectivity index (χ1v) is 39.9. The number of ether oxygens (including phenoxy) is 4. The first kappa shape index (κ1) is 88.1. The van der Waals surface area contributed by atoms with Crippen molar-refractivity contribution in [3.8, 4) is 0 Å². The van der Waals surface area contributed by atoms with Gasteiger partial charge < -0.3 is 33.8 Å². The van der Waals surface area contributed by atoms with Crippen LogP contribution in [0.2, 0.25) is 0 Å². The number of unbranched alkanes of at least 4 members (excludes halogenated alkanes) is 36. The quantitative estimate of drug-likeness (QED) is 0.0222. The summed E-state index contributed by atoms with van der Waals surface area (Å²) >= 11 is 0. The molecule has 0 aliphatic rings. The molecule has 3 N–H and O–H groups in total. The maximum atomic E-state index is 13.0. The largest absolute Gasteiger partial charge is 0.472 e. The number of hydrogen-bond donors (Lipinski definition) is 3. The molecule has 0 radical (unpaired) electrons. The van der Waals surface area contributed by atoms with Crippen LogP contribution in [-0.4, -0.2) is 96.7 Å². The number of carbonyl (C=O) groups is 4. The Morgan fingerprint density at radius 3 is 0.844 bits per heavy atom. The van der Waals surface area contributed by atoms with Gasteiger partial charge in [0.2, 0.25) is 0 Å². The van der Waals surface area contributed by atoms with Crippen molar-refractivity contribution in [1.82, 2.24) is 0 Å². The second kappa shape index (κ2) is 61.9. The topological polar surface area (TPSA) is 237 Å². The Morgan fingerprint density at radius 2 is 0.567 bits per heavy atom. The van der Waals surface area contributed by atoms with E-state index < -0.39 is 97.5 Å². The molecule has 0 heterocycles. The maximum absolute atomic E-state index is 13.0. The van der Waals surface area contributed by atoms with E-state index in [9.17, 15) is 43.2 Å². The molecule has 0 rings (SSSR count). The summed E-state index contributed by atoms with van der Waals surface area (Å²) in [5.74, 6) is 0.196. The van der Waals surface area contributed by atoms with Gasteiger partial charge in [0.25, 0.3) is 0 Å². The zero-order valence-electron chi connectivity index (χ0n) is 58.6. The van der Waals surface area contributed by atoms with E-state index in [-0.39, 0.29) is 25.7 Å². The Hall–Kier alpha value is -1.94. The molecular formula is C71H138O17P2. The molecule has 17 nitrogen and oxygen atoms in total. The fraction of sp³-hybridized carbons (Fsp3) is 0.944. The van der Waals surface area contributed by atoms with Crippen LogP contribution in [0.3, 0.4) is 0 Å². The first-order chi connectivity index (χ1) is 43.3. The molecule has 0 spiro atoms. The van der Waals surface area contributed by atoms with Crippen molar-refractivity contribution in [2.75, 3.05) is 39.6 Å². The van der Waals surface area contributed by atoms with Crippen molar-refractivity contribution >= 4 is 39.5 Å². The highest BCUT2D eigenvalue weighted by atomic mass is 31.2. The number of rotatable bonds is 69. The van der Waals surface area contributed by atoms with E-state index in [0.29, 0.717) is 25.7 Å². The fourth-order valence-electron chi connectivity index (χ4n) is 10.7. The van der Waals surface area contributed by atoms with E-state index in [1.165, 1.54) is 161 Å². The van der Waals surface area contributed by atoms with Gasteiger partial charge in [-0.15, -0.1) is 0 Å². The maximum Gasteiger partial charge on any atom is 0.472 e. The Labute approximate surface area is 549 Å². The minimum atomic E-state index is -4.95. The highest BCUT2D eigenvalue weighted by Crippen LogP contribution is 2.45. The zero-order valence-corrected chi connectivity index (χ0v) is 60.4. The van der Waals surface area contributed by atoms with E-state index in [1.54, 1.807) is 0 Å². The van der Waals surface area contributed by atoms with Crippen LogP contribution in [0.1, 0.15) is 357 Å². The van der Waals surface area contributed by atoms with Crippen molar-refractivity contribution in [2.45, 2.75) is 375 Å². The first-order valence-electron chi connectivity index (χ1n) is 36.9. The highest BCUT2D eigenvalue weighted by molar-refractivity contribution is 7.47. The molecule has 0 saturated heterocycles. The van der Waals surface area contributed by atoms with Gasteiger partial charge in [0.1, 0.15) is 19.3 Å². The van der Waals surface area contributed by atoms with Crippen LogP contribution >= 0.6 is 15.6 Å². The molecule has 19 heteroatoms. The lowest BCUT2D eigenvalue weighted by atomic mass is 9.99. The lowest BCUT2D eigenvalue weighted by molar-refractivity contribution is -0.161. The molecule has 6 atom stereocenters. The summed E-state index contributed by atoms with van der Waals surface area (Å²) in [4.78, 5) is 72.3. The fourth-order valence-corrected chi connectivity index (χ4v) is 12.3. The molecule has 0 aromatic rings. The number of carbonyl (C=O) groups excluding carboxylic acids is 4. The van der Waals surface area contributed by atoms with Crippen LogP contribution in [0, 0.1) is 17.8 Å². The van der Waals surface area contributed by atoms with E-state index in [1.807, 2.05) is 0 Å². The van der Waals surface area contributed by atoms with Gasteiger partial charge in [-0.2, -0.15) is 0 Å². The summed E-state index contributed by atoms with van der Waals surface area (Å²) in [6.07, 6.45) is 46.3. The van der Waals surface area contributed by atoms with E-state index in [4.69, 9.17) is 37.0 Å². The summed E-state index contributed by atoms with van der Waals surface area (Å²) in [5, 5.41) is 10.6. The third kappa shape index (κ3) is 63.5. The molecule has 0 aliphatic heterocycles. The Morgan fingerprint density at radius 1 is 0.322 bits per heavy atom. The second-order valence-electron chi connectivity index (χ2n) is 26.8. The van der Waals surface area contributed by atoms with Gasteiger partial charge in [-0.05, 0) is 43.4 Å². The van der Waals surface area contributed by atoms with E-state index in [2.05, 4.69) is 48.5 Å². The predicted octanol–water partition coefficient (Wildman–Crippen LogP) is 20.2. The number of aliphatic hydroxyl groups is 1. The molecule has 90 heavy (non-hydrogen) atoms. The molecule has 0 amide bonds. The van der Waals surface area contributed by atoms with Crippen LogP contribution in [0.4, 0.5) is 0 Å². The van der Waals surface area contributed by atoms with Gasteiger partial charge >= 0.3 is 39.5 Å². The molecule has 0 fully saturated rings. The van der Waals surface area contributed by atoms with Crippen LogP contribution in [-0.2, 0) is 65.4 Å². The van der Waals surface area contributed by atoms with Crippen molar-refractivity contribution in [2.24, 2.45) is 17.8 Å². The summed E-state index contributed by atoms with van der Waals surface area (Å²) < 4.78 is 68.1. The monoisotopic (exact) mass is 1320 g/mol. The second-order valence-corrected chi connectivity index (χ2v) is 29.7. The number of phosphoric ester groups is 2.